The number of aliphatic hydroxyl groups excluding tert-OH is 2. The molecule has 26 heteroatoms. The van der Waals surface area contributed by atoms with Crippen molar-refractivity contribution in [2.75, 3.05) is 12.3 Å². The molecule has 5 rings (SSSR count). The van der Waals surface area contributed by atoms with Crippen LogP contribution in [0.4, 0.5) is 5.95 Å². The number of aliphatic hydroxyl groups is 2. The van der Waals surface area contributed by atoms with Crippen LogP contribution < -0.4 is 11.3 Å². The third-order valence-electron chi connectivity index (χ3n) is 4.98. The van der Waals surface area contributed by atoms with Crippen LogP contribution in [-0.2, 0) is 31.6 Å². The van der Waals surface area contributed by atoms with E-state index in [0.717, 1.165) is 16.4 Å². The number of nitrogens with two attached hydrogens (primary N) is 1. The molecule has 1 fully saturated rings. The van der Waals surface area contributed by atoms with Gasteiger partial charge < -0.3 is 45.2 Å². The highest BCUT2D eigenvalue weighted by Gasteiger charge is 2.47. The fourth-order valence-corrected chi connectivity index (χ4v) is 6.42. The first-order valence-electron chi connectivity index (χ1n) is 10.7. The number of rotatable bonds is 8. The number of anilines is 1. The van der Waals surface area contributed by atoms with Crippen molar-refractivity contribution in [2.24, 2.45) is 0 Å². The van der Waals surface area contributed by atoms with Crippen LogP contribution in [-0.4, -0.2) is 94.2 Å². The number of nitrogen functional groups attached to an aromatic ring is 1. The highest BCUT2D eigenvalue weighted by Crippen LogP contribution is 2.66. The van der Waals surface area contributed by atoms with Crippen molar-refractivity contribution in [2.45, 2.75) is 24.5 Å². The third-order valence-corrected chi connectivity index (χ3v) is 8.78. The number of hydrogen-bond acceptors (Lipinski definition) is 16. The van der Waals surface area contributed by atoms with Gasteiger partial charge in [-0.1, -0.05) is 0 Å². The number of aromatic amines is 2. The summed E-state index contributed by atoms with van der Waals surface area (Å²) >= 11 is 0. The lowest BCUT2D eigenvalue weighted by molar-refractivity contribution is -0.0503. The van der Waals surface area contributed by atoms with E-state index in [-0.39, 0.29) is 17.1 Å². The number of phosphoric acid groups is 3. The largest absolute Gasteiger partial charge is 0.490 e. The first kappa shape index (κ1) is 30.9. The predicted molar refractivity (Wildman–Crippen MR) is 130 cm³/mol. The SMILES string of the molecule is Nc1nc2c(ncn2[C@@H]2O[C@H](COP(=O)(O)OP(=O)(O)OP(=O)(O)O)[C@@H](O)[C@H]2O)c(=O)[nH]1.c1ncc2[nH]cnc2n1. The summed E-state index contributed by atoms with van der Waals surface area (Å²) in [4.78, 5) is 71.8. The van der Waals surface area contributed by atoms with Crippen LogP contribution in [0.25, 0.3) is 22.3 Å². The van der Waals surface area contributed by atoms with Crippen molar-refractivity contribution in [3.05, 3.63) is 35.5 Å². The van der Waals surface area contributed by atoms with Crippen molar-refractivity contribution >= 4 is 51.7 Å². The summed E-state index contributed by atoms with van der Waals surface area (Å²) < 4.78 is 51.6. The van der Waals surface area contributed by atoms with Crippen molar-refractivity contribution in [1.82, 2.24) is 39.5 Å². The van der Waals surface area contributed by atoms with Gasteiger partial charge in [-0.05, 0) is 0 Å². The van der Waals surface area contributed by atoms with Crippen LogP contribution in [0.5, 0.6) is 0 Å². The molecule has 1 saturated heterocycles. The van der Waals surface area contributed by atoms with E-state index in [4.69, 9.17) is 25.2 Å². The van der Waals surface area contributed by atoms with Gasteiger partial charge in [0.25, 0.3) is 5.56 Å². The molecule has 6 atom stereocenters. The second-order valence-corrected chi connectivity index (χ2v) is 12.3. The molecule has 224 valence electrons. The maximum atomic E-state index is 11.9. The van der Waals surface area contributed by atoms with Crippen molar-refractivity contribution in [1.29, 1.82) is 0 Å². The molecule has 0 radical (unpaired) electrons. The van der Waals surface area contributed by atoms with E-state index in [2.05, 4.69) is 48.0 Å². The Morgan fingerprint density at radius 2 is 1.78 bits per heavy atom. The van der Waals surface area contributed by atoms with E-state index in [1.165, 1.54) is 6.33 Å². The molecule has 41 heavy (non-hydrogen) atoms. The number of hydrogen-bond donors (Lipinski definition) is 9. The fourth-order valence-electron chi connectivity index (χ4n) is 3.39. The first-order valence-corrected chi connectivity index (χ1v) is 15.2. The quantitative estimate of drug-likeness (QED) is 0.0938. The van der Waals surface area contributed by atoms with Crippen molar-refractivity contribution in [3.8, 4) is 0 Å². The Kier molecular flexibility index (Phi) is 8.83. The maximum Gasteiger partial charge on any atom is 0.490 e. The summed E-state index contributed by atoms with van der Waals surface area (Å²) in [5.41, 5.74) is 6.08. The van der Waals surface area contributed by atoms with Gasteiger partial charge >= 0.3 is 23.5 Å². The lowest BCUT2D eigenvalue weighted by Gasteiger charge is -2.19. The number of fused-ring (bicyclic) bond motifs is 2. The van der Waals surface area contributed by atoms with Gasteiger partial charge in [0.15, 0.2) is 23.0 Å². The number of imidazole rings is 2. The zero-order valence-electron chi connectivity index (χ0n) is 19.9. The summed E-state index contributed by atoms with van der Waals surface area (Å²) in [6, 6.07) is 0. The molecule has 0 amide bonds. The number of nitrogens with zero attached hydrogens (tertiary/aromatic N) is 6. The van der Waals surface area contributed by atoms with Gasteiger partial charge in [-0.25, -0.2) is 33.6 Å². The molecule has 2 unspecified atom stereocenters. The number of nitrogens with one attached hydrogen (secondary N) is 2. The third kappa shape index (κ3) is 7.64. The average molecular weight is 643 g/mol. The Labute approximate surface area is 225 Å². The molecular formula is C15H20N9O14P3. The summed E-state index contributed by atoms with van der Waals surface area (Å²) in [7, 11) is -16.8. The van der Waals surface area contributed by atoms with Gasteiger partial charge in [0.05, 0.1) is 25.5 Å². The predicted octanol–water partition coefficient (Wildman–Crippen LogP) is -1.98. The highest BCUT2D eigenvalue weighted by molar-refractivity contribution is 7.66. The number of ether oxygens (including phenoxy) is 1. The van der Waals surface area contributed by atoms with E-state index in [9.17, 15) is 33.6 Å². The van der Waals surface area contributed by atoms with Gasteiger partial charge in [-0.2, -0.15) is 13.6 Å². The van der Waals surface area contributed by atoms with Crippen LogP contribution in [0.15, 0.2) is 30.0 Å². The molecular weight excluding hydrogens is 623 g/mol. The summed E-state index contributed by atoms with van der Waals surface area (Å²) in [5.74, 6) is -0.276. The monoisotopic (exact) mass is 643 g/mol. The molecule has 5 heterocycles. The minimum absolute atomic E-state index is 0.115. The summed E-state index contributed by atoms with van der Waals surface area (Å²) in [6.07, 6.45) is -0.571. The summed E-state index contributed by atoms with van der Waals surface area (Å²) in [5, 5.41) is 20.4. The van der Waals surface area contributed by atoms with Crippen LogP contribution in [0.1, 0.15) is 6.23 Å². The number of aromatic nitrogens is 8. The van der Waals surface area contributed by atoms with E-state index in [0.29, 0.717) is 5.65 Å². The standard InChI is InChI=1S/C10H16N5O14P3.C5H4N4/c11-10-13-7-4(8(18)14-10)12-2-15(7)9-6(17)5(16)3(27-9)1-26-31(22,23)29-32(24,25)28-30(19,20)21;1-4-5(8-2-6-1)9-3-7-4/h2-3,5-6,9,16-17H,1H2,(H,22,23)(H,24,25)(H2,19,20,21)(H3,11,13,14,18);1-3H,(H,6,7,8,9)/t3-,5-,6-,9-;/m1./s1. The van der Waals surface area contributed by atoms with Crippen LogP contribution in [0, 0.1) is 0 Å². The van der Waals surface area contributed by atoms with Crippen molar-refractivity contribution in [3.63, 3.8) is 0 Å². The topological polar surface area (TPSA) is 354 Å². The molecule has 0 aromatic carbocycles. The molecule has 1 aliphatic heterocycles. The molecule has 1 aliphatic rings. The van der Waals surface area contributed by atoms with E-state index in [1.807, 2.05) is 0 Å². The zero-order chi connectivity index (χ0) is 30.2. The Morgan fingerprint density at radius 3 is 2.46 bits per heavy atom. The van der Waals surface area contributed by atoms with E-state index >= 15 is 0 Å². The van der Waals surface area contributed by atoms with Crippen LogP contribution in [0.3, 0.4) is 0 Å². The minimum atomic E-state index is -5.73. The second kappa shape index (κ2) is 11.7. The Hall–Kier alpha value is -3.01. The highest BCUT2D eigenvalue weighted by atomic mass is 31.3. The number of phosphoric ester groups is 1. The lowest BCUT2D eigenvalue weighted by Crippen LogP contribution is -2.33. The van der Waals surface area contributed by atoms with E-state index in [1.54, 1.807) is 12.5 Å². The normalized spacial score (nSPS) is 24.0. The Balaban J connectivity index is 0.000000360. The van der Waals surface area contributed by atoms with Gasteiger partial charge in [0.1, 0.15) is 30.2 Å². The smallest absolute Gasteiger partial charge is 0.387 e. The van der Waals surface area contributed by atoms with Gasteiger partial charge in [0.2, 0.25) is 5.95 Å². The molecule has 4 aromatic rings. The van der Waals surface area contributed by atoms with Crippen molar-refractivity contribution < 1.29 is 61.4 Å². The molecule has 10 N–H and O–H groups in total. The van der Waals surface area contributed by atoms with Crippen LogP contribution in [0.2, 0.25) is 0 Å². The van der Waals surface area contributed by atoms with E-state index < -0.39 is 60.2 Å². The Morgan fingerprint density at radius 1 is 1.05 bits per heavy atom. The zero-order valence-corrected chi connectivity index (χ0v) is 22.6. The molecule has 0 bridgehead atoms. The Bertz CT molecular complexity index is 1710. The molecule has 0 aliphatic carbocycles. The summed E-state index contributed by atoms with van der Waals surface area (Å²) in [6.45, 7) is -1.01. The molecule has 4 aromatic heterocycles. The second-order valence-electron chi connectivity index (χ2n) is 7.87. The fraction of sp³-hybridized carbons (Fsp3) is 0.333. The molecule has 0 saturated carbocycles. The first-order chi connectivity index (χ1) is 19.1. The maximum absolute atomic E-state index is 11.9. The molecule has 0 spiro atoms. The molecule has 23 nitrogen and oxygen atoms in total. The van der Waals surface area contributed by atoms with Crippen LogP contribution >= 0.6 is 23.5 Å². The minimum Gasteiger partial charge on any atom is -0.387 e. The van der Waals surface area contributed by atoms with Gasteiger partial charge in [0, 0.05) is 0 Å². The van der Waals surface area contributed by atoms with Gasteiger partial charge in [-0.15, -0.1) is 0 Å². The lowest BCUT2D eigenvalue weighted by atomic mass is 10.1. The average Bonchev–Trinajstić information content (AvgIpc) is 3.54. The van der Waals surface area contributed by atoms with Gasteiger partial charge in [-0.3, -0.25) is 18.9 Å². The number of H-pyrrole nitrogens is 2.